The summed E-state index contributed by atoms with van der Waals surface area (Å²) in [4.78, 5) is 15.3. The number of alkyl halides is 3. The molecule has 1 N–H and O–H groups in total. The Morgan fingerprint density at radius 1 is 1.34 bits per heavy atom. The van der Waals surface area contributed by atoms with E-state index in [1.165, 1.54) is 6.08 Å². The van der Waals surface area contributed by atoms with Crippen molar-refractivity contribution in [2.24, 2.45) is 5.11 Å². The van der Waals surface area contributed by atoms with Crippen LogP contribution in [0, 0.1) is 0 Å². The fraction of sp³-hybridized carbons (Fsp3) is 0.526. The van der Waals surface area contributed by atoms with E-state index in [0.29, 0.717) is 0 Å². The number of rotatable bonds is 7. The van der Waals surface area contributed by atoms with E-state index >= 15 is 0 Å². The summed E-state index contributed by atoms with van der Waals surface area (Å²) in [5, 5.41) is 6.43. The monoisotopic (exact) mass is 506 g/mol. The fourth-order valence-corrected chi connectivity index (χ4v) is 3.52. The van der Waals surface area contributed by atoms with Crippen LogP contribution < -0.4 is 5.32 Å². The molecule has 0 radical (unpaired) electrons. The molecule has 1 amide bonds. The summed E-state index contributed by atoms with van der Waals surface area (Å²) in [6.45, 7) is 3.37. The van der Waals surface area contributed by atoms with Gasteiger partial charge < -0.3 is 29.0 Å². The largest absolute Gasteiger partial charge is 0.445 e. The molecule has 3 rings (SSSR count). The molecule has 174 valence electrons. The molecule has 10 nitrogen and oxygen atoms in total. The van der Waals surface area contributed by atoms with Gasteiger partial charge in [0.05, 0.1) is 25.3 Å². The van der Waals surface area contributed by atoms with Gasteiger partial charge >= 0.3 is 6.09 Å². The molecule has 2 fully saturated rings. The van der Waals surface area contributed by atoms with Crippen LogP contribution in [0.1, 0.15) is 11.9 Å². The van der Waals surface area contributed by atoms with Gasteiger partial charge in [0.2, 0.25) is 3.79 Å². The summed E-state index contributed by atoms with van der Waals surface area (Å²) in [5.74, 6) is 0. The minimum Gasteiger partial charge on any atom is -0.445 e. The first-order chi connectivity index (χ1) is 15.3. The van der Waals surface area contributed by atoms with Crippen LogP contribution in [-0.2, 0) is 23.7 Å². The van der Waals surface area contributed by atoms with Gasteiger partial charge in [-0.25, -0.2) is 4.79 Å². The Labute approximate surface area is 199 Å². The van der Waals surface area contributed by atoms with Crippen molar-refractivity contribution >= 4 is 40.9 Å². The summed E-state index contributed by atoms with van der Waals surface area (Å²) < 4.78 is 26.6. The SMILES string of the molecule is C=CCO[C@H]1O[C@@H]2COC(c3ccccc3)O[C@H]2[C@H](N=[N+]=[N-])[C@H]1NC(=O)OCC(Cl)(Cl)Cl. The van der Waals surface area contributed by atoms with Gasteiger partial charge in [-0.2, -0.15) is 0 Å². The highest BCUT2D eigenvalue weighted by molar-refractivity contribution is 6.67. The number of nitrogens with one attached hydrogen (secondary N) is 1. The zero-order valence-electron chi connectivity index (χ0n) is 16.7. The number of hydrogen-bond donors (Lipinski definition) is 1. The second-order valence-corrected chi connectivity index (χ2v) is 9.41. The summed E-state index contributed by atoms with van der Waals surface area (Å²) >= 11 is 16.9. The lowest BCUT2D eigenvalue weighted by Crippen LogP contribution is -2.66. The van der Waals surface area contributed by atoms with Crippen molar-refractivity contribution < 1.29 is 28.5 Å². The molecule has 2 heterocycles. The van der Waals surface area contributed by atoms with Crippen molar-refractivity contribution in [1.29, 1.82) is 0 Å². The molecule has 2 aliphatic heterocycles. The van der Waals surface area contributed by atoms with Crippen LogP contribution in [0.15, 0.2) is 48.1 Å². The molecule has 0 spiro atoms. The van der Waals surface area contributed by atoms with Gasteiger partial charge in [-0.15, -0.1) is 6.58 Å². The Morgan fingerprint density at radius 2 is 2.09 bits per heavy atom. The highest BCUT2D eigenvalue weighted by Crippen LogP contribution is 2.36. The van der Waals surface area contributed by atoms with Crippen molar-refractivity contribution in [2.75, 3.05) is 19.8 Å². The van der Waals surface area contributed by atoms with Crippen LogP contribution in [0.5, 0.6) is 0 Å². The Morgan fingerprint density at radius 3 is 2.75 bits per heavy atom. The van der Waals surface area contributed by atoms with E-state index in [-0.39, 0.29) is 13.2 Å². The van der Waals surface area contributed by atoms with Gasteiger partial charge in [-0.05, 0) is 5.53 Å². The van der Waals surface area contributed by atoms with Crippen LogP contribution >= 0.6 is 34.8 Å². The molecule has 1 aromatic rings. The molecule has 0 bridgehead atoms. The third-order valence-electron chi connectivity index (χ3n) is 4.65. The number of alkyl carbamates (subject to hydrolysis) is 1. The Kier molecular flexibility index (Phi) is 8.87. The molecule has 32 heavy (non-hydrogen) atoms. The number of hydrogen-bond acceptors (Lipinski definition) is 7. The molecular formula is C19H21Cl3N4O6. The number of carbonyl (C=O) groups excluding carboxylic acids is 1. The smallest absolute Gasteiger partial charge is 0.407 e. The van der Waals surface area contributed by atoms with Crippen LogP contribution in [0.25, 0.3) is 10.4 Å². The molecular weight excluding hydrogens is 487 g/mol. The van der Waals surface area contributed by atoms with Crippen LogP contribution in [0.4, 0.5) is 4.79 Å². The molecule has 0 aliphatic carbocycles. The molecule has 1 unspecified atom stereocenters. The lowest BCUT2D eigenvalue weighted by atomic mass is 9.93. The first kappa shape index (κ1) is 24.9. The first-order valence-corrected chi connectivity index (χ1v) is 10.7. The van der Waals surface area contributed by atoms with E-state index in [1.807, 2.05) is 30.3 Å². The number of halogens is 3. The number of carbonyl (C=O) groups is 1. The Balaban J connectivity index is 1.81. The number of benzene rings is 1. The Bertz CT molecular complexity index is 836. The number of amides is 1. The zero-order chi connectivity index (χ0) is 23.1. The number of azide groups is 1. The van der Waals surface area contributed by atoms with E-state index in [0.717, 1.165) is 5.56 Å². The number of nitrogens with zero attached hydrogens (tertiary/aromatic N) is 3. The third kappa shape index (κ3) is 6.63. The van der Waals surface area contributed by atoms with Gasteiger partial charge in [-0.3, -0.25) is 0 Å². The zero-order valence-corrected chi connectivity index (χ0v) is 18.9. The van der Waals surface area contributed by atoms with E-state index in [4.69, 9.17) is 58.5 Å². The lowest BCUT2D eigenvalue weighted by Gasteiger charge is -2.48. The lowest BCUT2D eigenvalue weighted by molar-refractivity contribution is -0.324. The maximum Gasteiger partial charge on any atom is 0.407 e. The van der Waals surface area contributed by atoms with E-state index in [1.54, 1.807) is 0 Å². The standard InChI is InChI=1S/C19H21Cl3N4O6/c1-2-8-28-17-14(24-18(27)30-10-19(20,21)22)13(25-26-23)15-12(31-17)9-29-16(32-15)11-6-4-3-5-7-11/h2-7,12-17H,1,8-10H2,(H,24,27)/t12-,13-,14-,15-,16?,17+/m1/s1. The Hall–Kier alpha value is -1.75. The minimum atomic E-state index is -1.79. The topological polar surface area (TPSA) is 124 Å². The normalized spacial score (nSPS) is 29.8. The molecule has 0 aromatic heterocycles. The van der Waals surface area contributed by atoms with E-state index < -0.39 is 53.4 Å². The number of ether oxygens (including phenoxy) is 5. The fourth-order valence-electron chi connectivity index (χ4n) is 3.35. The van der Waals surface area contributed by atoms with Crippen molar-refractivity contribution in [3.8, 4) is 0 Å². The van der Waals surface area contributed by atoms with E-state index in [9.17, 15) is 10.3 Å². The quantitative estimate of drug-likeness (QED) is 0.194. The van der Waals surface area contributed by atoms with Crippen molar-refractivity contribution in [3.05, 3.63) is 59.0 Å². The van der Waals surface area contributed by atoms with Crippen LogP contribution in [0.3, 0.4) is 0 Å². The maximum atomic E-state index is 12.3. The average Bonchev–Trinajstić information content (AvgIpc) is 2.78. The summed E-state index contributed by atoms with van der Waals surface area (Å²) in [6.07, 6.45) is -2.48. The van der Waals surface area contributed by atoms with Gasteiger partial charge in [-0.1, -0.05) is 76.3 Å². The highest BCUT2D eigenvalue weighted by atomic mass is 35.6. The van der Waals surface area contributed by atoms with Crippen LogP contribution in [0.2, 0.25) is 0 Å². The molecule has 2 saturated heterocycles. The molecule has 0 saturated carbocycles. The second kappa shape index (κ2) is 11.4. The van der Waals surface area contributed by atoms with Gasteiger partial charge in [0.1, 0.15) is 18.8 Å². The summed E-state index contributed by atoms with van der Waals surface area (Å²) in [5.41, 5.74) is 9.97. The number of fused-ring (bicyclic) bond motifs is 1. The first-order valence-electron chi connectivity index (χ1n) is 9.56. The molecule has 1 aromatic carbocycles. The average molecular weight is 508 g/mol. The predicted molar refractivity (Wildman–Crippen MR) is 116 cm³/mol. The maximum absolute atomic E-state index is 12.3. The van der Waals surface area contributed by atoms with Crippen molar-refractivity contribution in [1.82, 2.24) is 5.32 Å². The van der Waals surface area contributed by atoms with Crippen molar-refractivity contribution in [2.45, 2.75) is 40.7 Å². The van der Waals surface area contributed by atoms with Gasteiger partial charge in [0.15, 0.2) is 12.6 Å². The van der Waals surface area contributed by atoms with Crippen molar-refractivity contribution in [3.63, 3.8) is 0 Å². The molecule has 13 heteroatoms. The molecule has 6 atom stereocenters. The van der Waals surface area contributed by atoms with E-state index in [2.05, 4.69) is 21.9 Å². The van der Waals surface area contributed by atoms with Gasteiger partial charge in [0.25, 0.3) is 0 Å². The van der Waals surface area contributed by atoms with Crippen LogP contribution in [-0.4, -0.2) is 60.3 Å². The minimum absolute atomic E-state index is 0.112. The molecule has 2 aliphatic rings. The summed E-state index contributed by atoms with van der Waals surface area (Å²) in [6, 6.07) is 7.37. The predicted octanol–water partition coefficient (Wildman–Crippen LogP) is 4.17. The van der Waals surface area contributed by atoms with Gasteiger partial charge in [0, 0.05) is 10.5 Å². The third-order valence-corrected chi connectivity index (χ3v) is 4.98. The summed E-state index contributed by atoms with van der Waals surface area (Å²) in [7, 11) is 0. The second-order valence-electron chi connectivity index (χ2n) is 6.90. The highest BCUT2D eigenvalue weighted by Gasteiger charge is 2.51.